The number of carbonyl (C=O) groups is 1. The molecule has 0 aromatic carbocycles. The molecule has 0 bridgehead atoms. The van der Waals surface area contributed by atoms with Gasteiger partial charge in [-0.05, 0) is 19.9 Å². The van der Waals surface area contributed by atoms with E-state index in [1.807, 2.05) is 13.8 Å². The zero-order valence-corrected chi connectivity index (χ0v) is 10.5. The molecule has 1 heterocycles. The van der Waals surface area contributed by atoms with Crippen LogP contribution < -0.4 is 5.73 Å². The fraction of sp³-hybridized carbons (Fsp3) is 0.500. The summed E-state index contributed by atoms with van der Waals surface area (Å²) in [6, 6.07) is 3.77. The van der Waals surface area contributed by atoms with Gasteiger partial charge in [-0.2, -0.15) is 5.26 Å². The van der Waals surface area contributed by atoms with E-state index in [2.05, 4.69) is 6.07 Å². The van der Waals surface area contributed by atoms with Crippen molar-refractivity contribution in [1.29, 1.82) is 5.26 Å². The van der Waals surface area contributed by atoms with Crippen LogP contribution in [-0.4, -0.2) is 28.0 Å². The van der Waals surface area contributed by atoms with Crippen LogP contribution in [0.2, 0.25) is 0 Å². The monoisotopic (exact) mass is 234 g/mol. The van der Waals surface area contributed by atoms with Crippen LogP contribution in [0.1, 0.15) is 30.8 Å². The minimum Gasteiger partial charge on any atom is -0.397 e. The smallest absolute Gasteiger partial charge is 0.270 e. The number of rotatable bonds is 4. The highest BCUT2D eigenvalue weighted by atomic mass is 16.2. The van der Waals surface area contributed by atoms with Crippen molar-refractivity contribution in [2.75, 3.05) is 12.3 Å². The molecule has 0 aliphatic rings. The van der Waals surface area contributed by atoms with E-state index in [-0.39, 0.29) is 11.9 Å². The Morgan fingerprint density at radius 1 is 1.65 bits per heavy atom. The van der Waals surface area contributed by atoms with Gasteiger partial charge in [-0.1, -0.05) is 0 Å². The average molecular weight is 234 g/mol. The van der Waals surface area contributed by atoms with E-state index >= 15 is 0 Å². The van der Waals surface area contributed by atoms with Gasteiger partial charge < -0.3 is 15.2 Å². The lowest BCUT2D eigenvalue weighted by molar-refractivity contribution is 0.0700. The first kappa shape index (κ1) is 13.1. The number of aryl methyl sites for hydroxylation is 1. The van der Waals surface area contributed by atoms with Gasteiger partial charge in [0, 0.05) is 25.8 Å². The zero-order valence-electron chi connectivity index (χ0n) is 10.5. The third kappa shape index (κ3) is 3.00. The van der Waals surface area contributed by atoms with Crippen LogP contribution in [0.25, 0.3) is 0 Å². The van der Waals surface area contributed by atoms with Gasteiger partial charge in [-0.25, -0.2) is 0 Å². The molecule has 1 rings (SSSR count). The van der Waals surface area contributed by atoms with Crippen molar-refractivity contribution >= 4 is 11.6 Å². The molecule has 0 aliphatic heterocycles. The van der Waals surface area contributed by atoms with Crippen LogP contribution in [0.5, 0.6) is 0 Å². The van der Waals surface area contributed by atoms with Crippen molar-refractivity contribution in [3.05, 3.63) is 18.0 Å². The van der Waals surface area contributed by atoms with Crippen molar-refractivity contribution in [1.82, 2.24) is 9.47 Å². The highest BCUT2D eigenvalue weighted by molar-refractivity contribution is 5.94. The van der Waals surface area contributed by atoms with Crippen LogP contribution in [0.15, 0.2) is 12.3 Å². The molecule has 2 N–H and O–H groups in total. The first-order valence-electron chi connectivity index (χ1n) is 5.57. The predicted octanol–water partition coefficient (Wildman–Crippen LogP) is 1.37. The molecule has 92 valence electrons. The molecule has 0 radical (unpaired) electrons. The van der Waals surface area contributed by atoms with E-state index in [4.69, 9.17) is 11.0 Å². The van der Waals surface area contributed by atoms with Gasteiger partial charge >= 0.3 is 0 Å². The minimum atomic E-state index is -0.0885. The molecule has 0 fully saturated rings. The Morgan fingerprint density at radius 3 is 2.71 bits per heavy atom. The summed E-state index contributed by atoms with van der Waals surface area (Å²) < 4.78 is 1.71. The van der Waals surface area contributed by atoms with E-state index in [0.717, 1.165) is 0 Å². The number of hydrogen-bond acceptors (Lipinski definition) is 3. The van der Waals surface area contributed by atoms with E-state index in [0.29, 0.717) is 24.3 Å². The van der Waals surface area contributed by atoms with Crippen LogP contribution in [0, 0.1) is 11.3 Å². The number of nitrogens with two attached hydrogens (primary N) is 1. The lowest BCUT2D eigenvalue weighted by atomic mass is 10.2. The number of nitrogen functional groups attached to an aromatic ring is 1. The Labute approximate surface area is 101 Å². The van der Waals surface area contributed by atoms with E-state index in [1.165, 1.54) is 0 Å². The van der Waals surface area contributed by atoms with Crippen LogP contribution in [0.3, 0.4) is 0 Å². The summed E-state index contributed by atoms with van der Waals surface area (Å²) in [5.41, 5.74) is 6.77. The molecule has 5 heteroatoms. The molecule has 5 nitrogen and oxygen atoms in total. The van der Waals surface area contributed by atoms with Gasteiger partial charge in [-0.3, -0.25) is 4.79 Å². The Kier molecular flexibility index (Phi) is 4.16. The molecular formula is C12H18N4O. The highest BCUT2D eigenvalue weighted by Gasteiger charge is 2.20. The Balaban J connectivity index is 2.92. The second-order valence-corrected chi connectivity index (χ2v) is 4.27. The van der Waals surface area contributed by atoms with Gasteiger partial charge in [-0.15, -0.1) is 0 Å². The van der Waals surface area contributed by atoms with Crippen molar-refractivity contribution in [3.63, 3.8) is 0 Å². The van der Waals surface area contributed by atoms with Crippen molar-refractivity contribution in [3.8, 4) is 6.07 Å². The van der Waals surface area contributed by atoms with Crippen molar-refractivity contribution in [2.45, 2.75) is 26.3 Å². The topological polar surface area (TPSA) is 75.1 Å². The summed E-state index contributed by atoms with van der Waals surface area (Å²) in [5, 5.41) is 8.59. The first-order valence-corrected chi connectivity index (χ1v) is 5.57. The summed E-state index contributed by atoms with van der Waals surface area (Å²) in [6.07, 6.45) is 2.04. The fourth-order valence-corrected chi connectivity index (χ4v) is 1.71. The third-order valence-corrected chi connectivity index (χ3v) is 2.59. The maximum atomic E-state index is 12.3. The molecule has 0 aliphatic carbocycles. The summed E-state index contributed by atoms with van der Waals surface area (Å²) in [4.78, 5) is 13.9. The predicted molar refractivity (Wildman–Crippen MR) is 66.2 cm³/mol. The molecule has 1 aromatic heterocycles. The summed E-state index contributed by atoms with van der Waals surface area (Å²) in [7, 11) is 1.78. The SMILES string of the molecule is CC(C)N(CCC#N)C(=O)c1cc(N)cn1C. The quantitative estimate of drug-likeness (QED) is 0.855. The second-order valence-electron chi connectivity index (χ2n) is 4.27. The highest BCUT2D eigenvalue weighted by Crippen LogP contribution is 2.13. The van der Waals surface area contributed by atoms with Gasteiger partial charge in [0.25, 0.3) is 5.91 Å². The van der Waals surface area contributed by atoms with Crippen LogP contribution in [0.4, 0.5) is 5.69 Å². The van der Waals surface area contributed by atoms with Gasteiger partial charge in [0.2, 0.25) is 0 Å². The molecule has 0 saturated heterocycles. The average Bonchev–Trinajstić information content (AvgIpc) is 2.57. The summed E-state index contributed by atoms with van der Waals surface area (Å²) in [6.45, 7) is 4.31. The maximum absolute atomic E-state index is 12.3. The largest absolute Gasteiger partial charge is 0.397 e. The lowest BCUT2D eigenvalue weighted by Crippen LogP contribution is -2.38. The fourth-order valence-electron chi connectivity index (χ4n) is 1.71. The number of carbonyl (C=O) groups excluding carboxylic acids is 1. The number of anilines is 1. The standard InChI is InChI=1S/C12H18N4O/c1-9(2)16(6-4-5-13)12(17)11-7-10(14)8-15(11)3/h7-9H,4,6,14H2,1-3H3. The second kappa shape index (κ2) is 5.39. The Morgan fingerprint density at radius 2 is 2.29 bits per heavy atom. The number of nitrogens with zero attached hydrogens (tertiary/aromatic N) is 3. The number of amides is 1. The molecule has 0 spiro atoms. The van der Waals surface area contributed by atoms with Gasteiger partial charge in [0.1, 0.15) is 5.69 Å². The first-order chi connectivity index (χ1) is 7.97. The van der Waals surface area contributed by atoms with Crippen molar-refractivity contribution in [2.24, 2.45) is 7.05 Å². The summed E-state index contributed by atoms with van der Waals surface area (Å²) in [5.74, 6) is -0.0885. The molecular weight excluding hydrogens is 216 g/mol. The minimum absolute atomic E-state index is 0.0620. The zero-order chi connectivity index (χ0) is 13.0. The molecule has 0 saturated carbocycles. The van der Waals surface area contributed by atoms with Crippen LogP contribution >= 0.6 is 0 Å². The third-order valence-electron chi connectivity index (χ3n) is 2.59. The van der Waals surface area contributed by atoms with E-state index in [1.54, 1.807) is 28.8 Å². The molecule has 0 unspecified atom stereocenters. The lowest BCUT2D eigenvalue weighted by Gasteiger charge is -2.25. The van der Waals surface area contributed by atoms with Gasteiger partial charge in [0.05, 0.1) is 18.2 Å². The molecule has 1 amide bonds. The van der Waals surface area contributed by atoms with Gasteiger partial charge in [0.15, 0.2) is 0 Å². The Bertz CT molecular complexity index is 442. The normalized spacial score (nSPS) is 10.3. The maximum Gasteiger partial charge on any atom is 0.270 e. The van der Waals surface area contributed by atoms with E-state index < -0.39 is 0 Å². The number of aromatic nitrogens is 1. The Hall–Kier alpha value is -1.96. The molecule has 1 aromatic rings. The molecule has 17 heavy (non-hydrogen) atoms. The van der Waals surface area contributed by atoms with Crippen molar-refractivity contribution < 1.29 is 4.79 Å². The number of hydrogen-bond donors (Lipinski definition) is 1. The van der Waals surface area contributed by atoms with E-state index in [9.17, 15) is 4.79 Å². The van der Waals surface area contributed by atoms with Crippen LogP contribution in [-0.2, 0) is 7.05 Å². The summed E-state index contributed by atoms with van der Waals surface area (Å²) >= 11 is 0. The molecule has 0 atom stereocenters. The number of nitriles is 1.